The van der Waals surface area contributed by atoms with Crippen molar-refractivity contribution < 1.29 is 19.0 Å². The van der Waals surface area contributed by atoms with Crippen LogP contribution in [-0.2, 0) is 11.3 Å². The molecule has 1 saturated carbocycles. The molecule has 1 fully saturated rings. The molecule has 2 atom stereocenters. The van der Waals surface area contributed by atoms with Crippen molar-refractivity contribution in [2.45, 2.75) is 25.4 Å². The first-order chi connectivity index (χ1) is 9.02. The molecular formula is C14H18FNO3. The Balaban J connectivity index is 2.01. The van der Waals surface area contributed by atoms with E-state index in [1.54, 1.807) is 12.1 Å². The third-order valence-corrected chi connectivity index (χ3v) is 3.77. The SMILES string of the molecule is COc1ccc(CN(C)C2CCC2C(=O)O)cc1F. The highest BCUT2D eigenvalue weighted by Gasteiger charge is 2.38. The van der Waals surface area contributed by atoms with Crippen LogP contribution in [0.3, 0.4) is 0 Å². The fraction of sp³-hybridized carbons (Fsp3) is 0.500. The Morgan fingerprint density at radius 1 is 1.53 bits per heavy atom. The zero-order valence-corrected chi connectivity index (χ0v) is 11.1. The first-order valence-electron chi connectivity index (χ1n) is 6.28. The van der Waals surface area contributed by atoms with E-state index in [4.69, 9.17) is 9.84 Å². The molecule has 1 aromatic carbocycles. The van der Waals surface area contributed by atoms with Crippen LogP contribution in [0.15, 0.2) is 18.2 Å². The van der Waals surface area contributed by atoms with Crippen molar-refractivity contribution in [2.24, 2.45) is 5.92 Å². The summed E-state index contributed by atoms with van der Waals surface area (Å²) >= 11 is 0. The Morgan fingerprint density at radius 3 is 2.74 bits per heavy atom. The van der Waals surface area contributed by atoms with E-state index in [-0.39, 0.29) is 17.7 Å². The molecule has 5 heteroatoms. The van der Waals surface area contributed by atoms with Crippen LogP contribution in [0.4, 0.5) is 4.39 Å². The summed E-state index contributed by atoms with van der Waals surface area (Å²) < 4.78 is 18.4. The summed E-state index contributed by atoms with van der Waals surface area (Å²) in [6.45, 7) is 0.537. The van der Waals surface area contributed by atoms with Gasteiger partial charge in [0.05, 0.1) is 13.0 Å². The van der Waals surface area contributed by atoms with Crippen molar-refractivity contribution >= 4 is 5.97 Å². The monoisotopic (exact) mass is 267 g/mol. The number of halogens is 1. The second kappa shape index (κ2) is 5.57. The first kappa shape index (κ1) is 13.8. The number of methoxy groups -OCH3 is 1. The number of hydrogen-bond donors (Lipinski definition) is 1. The van der Waals surface area contributed by atoms with E-state index in [0.717, 1.165) is 18.4 Å². The van der Waals surface area contributed by atoms with Crippen LogP contribution in [0.2, 0.25) is 0 Å². The van der Waals surface area contributed by atoms with Crippen LogP contribution < -0.4 is 4.74 Å². The van der Waals surface area contributed by atoms with Crippen molar-refractivity contribution in [1.29, 1.82) is 0 Å². The molecule has 4 nitrogen and oxygen atoms in total. The van der Waals surface area contributed by atoms with Gasteiger partial charge in [0.25, 0.3) is 0 Å². The summed E-state index contributed by atoms with van der Waals surface area (Å²) in [5.41, 5.74) is 0.817. The van der Waals surface area contributed by atoms with E-state index >= 15 is 0 Å². The highest BCUT2D eigenvalue weighted by atomic mass is 19.1. The molecule has 0 bridgehead atoms. The van der Waals surface area contributed by atoms with Gasteiger partial charge in [-0.05, 0) is 37.6 Å². The number of rotatable bonds is 5. The molecule has 1 aliphatic rings. The van der Waals surface area contributed by atoms with Crippen molar-refractivity contribution in [2.75, 3.05) is 14.2 Å². The van der Waals surface area contributed by atoms with E-state index in [2.05, 4.69) is 0 Å². The number of hydrogen-bond acceptors (Lipinski definition) is 3. The van der Waals surface area contributed by atoms with Crippen molar-refractivity contribution in [3.8, 4) is 5.75 Å². The fourth-order valence-electron chi connectivity index (χ4n) is 2.51. The smallest absolute Gasteiger partial charge is 0.308 e. The first-order valence-corrected chi connectivity index (χ1v) is 6.28. The second-order valence-corrected chi connectivity index (χ2v) is 4.97. The predicted octanol–water partition coefficient (Wildman–Crippen LogP) is 2.13. The maximum Gasteiger partial charge on any atom is 0.308 e. The Labute approximate surface area is 111 Å². The fourth-order valence-corrected chi connectivity index (χ4v) is 2.51. The van der Waals surface area contributed by atoms with Crippen molar-refractivity contribution in [3.05, 3.63) is 29.6 Å². The number of aliphatic carboxylic acids is 1. The van der Waals surface area contributed by atoms with Gasteiger partial charge in [-0.2, -0.15) is 0 Å². The quantitative estimate of drug-likeness (QED) is 0.888. The molecule has 0 heterocycles. The number of benzene rings is 1. The molecule has 0 saturated heterocycles. The Kier molecular flexibility index (Phi) is 4.04. The topological polar surface area (TPSA) is 49.8 Å². The third-order valence-electron chi connectivity index (χ3n) is 3.77. The standard InChI is InChI=1S/C14H18FNO3/c1-16(12-5-4-10(12)14(17)18)8-9-3-6-13(19-2)11(15)7-9/h3,6-7,10,12H,4-5,8H2,1-2H3,(H,17,18). The lowest BCUT2D eigenvalue weighted by Gasteiger charge is -2.40. The molecule has 0 radical (unpaired) electrons. The molecule has 0 aliphatic heterocycles. The lowest BCUT2D eigenvalue weighted by molar-refractivity contribution is -0.148. The van der Waals surface area contributed by atoms with Crippen LogP contribution in [0.5, 0.6) is 5.75 Å². The van der Waals surface area contributed by atoms with Crippen LogP contribution in [0.1, 0.15) is 18.4 Å². The molecule has 0 spiro atoms. The van der Waals surface area contributed by atoms with Crippen LogP contribution >= 0.6 is 0 Å². The summed E-state index contributed by atoms with van der Waals surface area (Å²) in [5, 5.41) is 9.03. The Morgan fingerprint density at radius 2 is 2.26 bits per heavy atom. The number of carboxylic acid groups (broad SMARTS) is 1. The van der Waals surface area contributed by atoms with Gasteiger partial charge in [0.2, 0.25) is 0 Å². The Hall–Kier alpha value is -1.62. The molecule has 1 aliphatic carbocycles. The summed E-state index contributed by atoms with van der Waals surface area (Å²) in [7, 11) is 3.30. The van der Waals surface area contributed by atoms with Gasteiger partial charge in [-0.15, -0.1) is 0 Å². The molecule has 2 rings (SSSR count). The molecule has 19 heavy (non-hydrogen) atoms. The normalized spacial score (nSPS) is 22.1. The maximum absolute atomic E-state index is 13.6. The largest absolute Gasteiger partial charge is 0.494 e. The molecule has 1 aromatic rings. The minimum Gasteiger partial charge on any atom is -0.494 e. The van der Waals surface area contributed by atoms with Crippen LogP contribution in [-0.4, -0.2) is 36.2 Å². The zero-order chi connectivity index (χ0) is 14.0. The number of ether oxygens (including phenoxy) is 1. The van der Waals surface area contributed by atoms with Gasteiger partial charge in [0, 0.05) is 12.6 Å². The molecule has 0 amide bonds. The number of carbonyl (C=O) groups is 1. The van der Waals surface area contributed by atoms with E-state index in [0.29, 0.717) is 6.54 Å². The lowest BCUT2D eigenvalue weighted by Crippen LogP contribution is -2.48. The van der Waals surface area contributed by atoms with Gasteiger partial charge in [-0.1, -0.05) is 6.07 Å². The number of carboxylic acids is 1. The van der Waals surface area contributed by atoms with E-state index in [1.807, 2.05) is 11.9 Å². The van der Waals surface area contributed by atoms with Gasteiger partial charge in [-0.25, -0.2) is 4.39 Å². The van der Waals surface area contributed by atoms with Crippen molar-refractivity contribution in [1.82, 2.24) is 4.90 Å². The van der Waals surface area contributed by atoms with E-state index in [9.17, 15) is 9.18 Å². The lowest BCUT2D eigenvalue weighted by atomic mass is 9.78. The summed E-state index contributed by atoms with van der Waals surface area (Å²) in [6.07, 6.45) is 1.60. The van der Waals surface area contributed by atoms with Gasteiger partial charge in [-0.3, -0.25) is 9.69 Å². The second-order valence-electron chi connectivity index (χ2n) is 4.97. The summed E-state index contributed by atoms with van der Waals surface area (Å²) in [4.78, 5) is 13.0. The molecule has 2 unspecified atom stereocenters. The zero-order valence-electron chi connectivity index (χ0n) is 11.1. The number of nitrogens with zero attached hydrogens (tertiary/aromatic N) is 1. The van der Waals surface area contributed by atoms with Crippen molar-refractivity contribution in [3.63, 3.8) is 0 Å². The van der Waals surface area contributed by atoms with Gasteiger partial charge < -0.3 is 9.84 Å². The van der Waals surface area contributed by atoms with Crippen LogP contribution in [0, 0.1) is 11.7 Å². The summed E-state index contributed by atoms with van der Waals surface area (Å²) in [5.74, 6) is -1.22. The minimum atomic E-state index is -0.746. The highest BCUT2D eigenvalue weighted by Crippen LogP contribution is 2.32. The van der Waals surface area contributed by atoms with E-state index < -0.39 is 11.8 Å². The predicted molar refractivity (Wildman–Crippen MR) is 68.6 cm³/mol. The average molecular weight is 267 g/mol. The average Bonchev–Trinajstić information content (AvgIpc) is 2.26. The molecule has 1 N–H and O–H groups in total. The van der Waals surface area contributed by atoms with E-state index in [1.165, 1.54) is 13.2 Å². The Bertz CT molecular complexity index is 478. The van der Waals surface area contributed by atoms with Gasteiger partial charge in [0.1, 0.15) is 0 Å². The van der Waals surface area contributed by atoms with Gasteiger partial charge >= 0.3 is 5.97 Å². The molecule has 0 aromatic heterocycles. The van der Waals surface area contributed by atoms with Gasteiger partial charge in [0.15, 0.2) is 11.6 Å². The highest BCUT2D eigenvalue weighted by molar-refractivity contribution is 5.72. The molecular weight excluding hydrogens is 249 g/mol. The third kappa shape index (κ3) is 2.87. The summed E-state index contributed by atoms with van der Waals surface area (Å²) in [6, 6.07) is 4.87. The molecule has 104 valence electrons. The minimum absolute atomic E-state index is 0.0441. The maximum atomic E-state index is 13.6. The van der Waals surface area contributed by atoms with Crippen LogP contribution in [0.25, 0.3) is 0 Å².